The first-order chi connectivity index (χ1) is 6.11. The Bertz CT molecular complexity index is 474. The zero-order valence-corrected chi connectivity index (χ0v) is 7.15. The van der Waals surface area contributed by atoms with Gasteiger partial charge in [-0.05, 0) is 18.6 Å². The van der Waals surface area contributed by atoms with Crippen molar-refractivity contribution in [3.8, 4) is 5.75 Å². The lowest BCUT2D eigenvalue weighted by Gasteiger charge is -2.04. The van der Waals surface area contributed by atoms with Crippen molar-refractivity contribution in [3.63, 3.8) is 0 Å². The second-order valence-corrected chi connectivity index (χ2v) is 2.98. The number of nitrogens with zero attached hydrogens (tertiary/aromatic N) is 2. The number of hydrogen-bond donors (Lipinski definition) is 3. The van der Waals surface area contributed by atoms with E-state index in [1.807, 2.05) is 6.92 Å². The number of rotatable bonds is 0. The minimum Gasteiger partial charge on any atom is -0.507 e. The van der Waals surface area contributed by atoms with Crippen molar-refractivity contribution in [1.82, 2.24) is 9.89 Å². The molecule has 5 heteroatoms. The van der Waals surface area contributed by atoms with Crippen LogP contribution in [-0.4, -0.2) is 15.0 Å². The van der Waals surface area contributed by atoms with Crippen molar-refractivity contribution >= 4 is 16.6 Å². The first-order valence-electron chi connectivity index (χ1n) is 3.82. The van der Waals surface area contributed by atoms with Gasteiger partial charge in [0.15, 0.2) is 0 Å². The zero-order valence-electron chi connectivity index (χ0n) is 7.15. The van der Waals surface area contributed by atoms with E-state index in [0.717, 1.165) is 10.4 Å². The molecule has 0 fully saturated rings. The lowest BCUT2D eigenvalue weighted by molar-refractivity contribution is 0.481. The first kappa shape index (κ1) is 7.72. The molecule has 0 spiro atoms. The van der Waals surface area contributed by atoms with Crippen LogP contribution >= 0.6 is 0 Å². The van der Waals surface area contributed by atoms with Gasteiger partial charge >= 0.3 is 0 Å². The summed E-state index contributed by atoms with van der Waals surface area (Å²) < 4.78 is 0. The minimum absolute atomic E-state index is 0.151. The summed E-state index contributed by atoms with van der Waals surface area (Å²) in [7, 11) is 0. The van der Waals surface area contributed by atoms with E-state index < -0.39 is 0 Å². The van der Waals surface area contributed by atoms with Crippen LogP contribution in [-0.2, 0) is 0 Å². The van der Waals surface area contributed by atoms with E-state index >= 15 is 0 Å². The molecule has 0 aliphatic rings. The lowest BCUT2D eigenvalue weighted by Crippen LogP contribution is -2.10. The van der Waals surface area contributed by atoms with Gasteiger partial charge in [-0.15, -0.1) is 0 Å². The van der Waals surface area contributed by atoms with E-state index in [4.69, 9.17) is 11.6 Å². The maximum atomic E-state index is 9.53. The van der Waals surface area contributed by atoms with Crippen molar-refractivity contribution in [1.29, 1.82) is 0 Å². The second kappa shape index (κ2) is 2.29. The third-order valence-electron chi connectivity index (χ3n) is 2.10. The standard InChI is InChI=1S/C8H10N4O/c1-4-2-6(13)5-3-11-12(10)8(5)7(4)9/h2-3,13H,9-10H2,1H3. The normalized spacial score (nSPS) is 10.8. The minimum atomic E-state index is 0.151. The van der Waals surface area contributed by atoms with Gasteiger partial charge < -0.3 is 16.7 Å². The Morgan fingerprint density at radius 2 is 2.23 bits per heavy atom. The van der Waals surface area contributed by atoms with Crippen molar-refractivity contribution < 1.29 is 5.11 Å². The molecule has 5 nitrogen and oxygen atoms in total. The lowest BCUT2D eigenvalue weighted by atomic mass is 10.1. The van der Waals surface area contributed by atoms with Crippen LogP contribution in [0.1, 0.15) is 5.56 Å². The highest BCUT2D eigenvalue weighted by molar-refractivity contribution is 5.95. The van der Waals surface area contributed by atoms with Crippen LogP contribution in [0.2, 0.25) is 0 Å². The molecule has 0 unspecified atom stereocenters. The van der Waals surface area contributed by atoms with Gasteiger partial charge in [-0.3, -0.25) is 0 Å². The summed E-state index contributed by atoms with van der Waals surface area (Å²) in [5.74, 6) is 5.68. The molecule has 0 saturated heterocycles. The molecule has 0 saturated carbocycles. The van der Waals surface area contributed by atoms with Crippen LogP contribution in [0.3, 0.4) is 0 Å². The average molecular weight is 178 g/mol. The number of hydrogen-bond acceptors (Lipinski definition) is 4. The summed E-state index contributed by atoms with van der Waals surface area (Å²) in [5, 5.41) is 13.9. The van der Waals surface area contributed by atoms with E-state index in [1.54, 1.807) is 6.07 Å². The summed E-state index contributed by atoms with van der Waals surface area (Å²) in [4.78, 5) is 1.16. The first-order valence-corrected chi connectivity index (χ1v) is 3.82. The molecule has 0 bridgehead atoms. The maximum Gasteiger partial charge on any atom is 0.127 e. The molecule has 2 rings (SSSR count). The highest BCUT2D eigenvalue weighted by Gasteiger charge is 2.10. The Morgan fingerprint density at radius 3 is 2.92 bits per heavy atom. The highest BCUT2D eigenvalue weighted by atomic mass is 16.3. The quantitative estimate of drug-likeness (QED) is 0.308. The molecular weight excluding hydrogens is 168 g/mol. The summed E-state index contributed by atoms with van der Waals surface area (Å²) >= 11 is 0. The van der Waals surface area contributed by atoms with E-state index in [9.17, 15) is 5.11 Å². The number of nitrogen functional groups attached to an aromatic ring is 2. The Balaban J connectivity index is 3.00. The van der Waals surface area contributed by atoms with Crippen molar-refractivity contribution in [3.05, 3.63) is 17.8 Å². The van der Waals surface area contributed by atoms with Gasteiger partial charge in [0.1, 0.15) is 11.3 Å². The smallest absolute Gasteiger partial charge is 0.127 e. The van der Waals surface area contributed by atoms with Gasteiger partial charge in [0.05, 0.1) is 17.3 Å². The van der Waals surface area contributed by atoms with Gasteiger partial charge in [0.2, 0.25) is 0 Å². The predicted octanol–water partition coefficient (Wildman–Crippen LogP) is 0.346. The van der Waals surface area contributed by atoms with E-state index in [1.165, 1.54) is 6.20 Å². The van der Waals surface area contributed by atoms with Gasteiger partial charge in [-0.25, -0.2) is 0 Å². The molecule has 0 aliphatic heterocycles. The average Bonchev–Trinajstić information content (AvgIpc) is 2.44. The van der Waals surface area contributed by atoms with E-state index in [2.05, 4.69) is 5.10 Å². The largest absolute Gasteiger partial charge is 0.507 e. The molecular formula is C8H10N4O. The third-order valence-corrected chi connectivity index (χ3v) is 2.10. The fraction of sp³-hybridized carbons (Fsp3) is 0.125. The van der Waals surface area contributed by atoms with Crippen LogP contribution in [0.5, 0.6) is 5.75 Å². The van der Waals surface area contributed by atoms with Crippen LogP contribution in [0.25, 0.3) is 10.9 Å². The molecule has 0 atom stereocenters. The van der Waals surface area contributed by atoms with E-state index in [-0.39, 0.29) is 5.75 Å². The maximum absolute atomic E-state index is 9.53. The fourth-order valence-electron chi connectivity index (χ4n) is 1.37. The summed E-state index contributed by atoms with van der Waals surface area (Å²) in [6, 6.07) is 1.60. The third kappa shape index (κ3) is 0.900. The number of anilines is 1. The number of nitrogens with two attached hydrogens (primary N) is 2. The number of aromatic nitrogens is 2. The second-order valence-electron chi connectivity index (χ2n) is 2.98. The Labute approximate surface area is 74.5 Å². The number of aromatic hydroxyl groups is 1. The molecule has 1 aromatic heterocycles. The molecule has 1 aromatic carbocycles. The van der Waals surface area contributed by atoms with Crippen LogP contribution < -0.4 is 11.6 Å². The molecule has 2 aromatic rings. The zero-order chi connectivity index (χ0) is 9.59. The summed E-state index contributed by atoms with van der Waals surface area (Å²) in [5.41, 5.74) is 7.69. The summed E-state index contributed by atoms with van der Waals surface area (Å²) in [6.45, 7) is 1.81. The molecule has 68 valence electrons. The number of phenolic OH excluding ortho intramolecular Hbond substituents is 1. The Morgan fingerprint density at radius 1 is 1.54 bits per heavy atom. The molecule has 5 N–H and O–H groups in total. The van der Waals surface area contributed by atoms with Crippen LogP contribution in [0.15, 0.2) is 12.3 Å². The molecule has 13 heavy (non-hydrogen) atoms. The number of benzene rings is 1. The molecule has 1 heterocycles. The van der Waals surface area contributed by atoms with Gasteiger partial charge in [0.25, 0.3) is 0 Å². The fourth-order valence-corrected chi connectivity index (χ4v) is 1.37. The van der Waals surface area contributed by atoms with Crippen LogP contribution in [0, 0.1) is 6.92 Å². The van der Waals surface area contributed by atoms with Gasteiger partial charge in [0, 0.05) is 0 Å². The van der Waals surface area contributed by atoms with E-state index in [0.29, 0.717) is 16.6 Å². The number of aryl methyl sites for hydroxylation is 1. The van der Waals surface area contributed by atoms with Gasteiger partial charge in [-0.1, -0.05) is 0 Å². The molecule has 0 amide bonds. The molecule has 0 radical (unpaired) electrons. The Kier molecular flexibility index (Phi) is 1.36. The van der Waals surface area contributed by atoms with Crippen molar-refractivity contribution in [2.45, 2.75) is 6.92 Å². The van der Waals surface area contributed by atoms with Crippen molar-refractivity contribution in [2.75, 3.05) is 11.6 Å². The van der Waals surface area contributed by atoms with Crippen molar-refractivity contribution in [2.24, 2.45) is 0 Å². The molecule has 0 aliphatic carbocycles. The number of phenols is 1. The SMILES string of the molecule is Cc1cc(O)c2cnn(N)c2c1N. The number of fused-ring (bicyclic) bond motifs is 1. The van der Waals surface area contributed by atoms with Gasteiger partial charge in [-0.2, -0.15) is 9.89 Å². The topological polar surface area (TPSA) is 90.1 Å². The summed E-state index contributed by atoms with van der Waals surface area (Å²) in [6.07, 6.45) is 1.49. The Hall–Kier alpha value is -1.91. The highest BCUT2D eigenvalue weighted by Crippen LogP contribution is 2.30. The monoisotopic (exact) mass is 178 g/mol. The van der Waals surface area contributed by atoms with Crippen LogP contribution in [0.4, 0.5) is 5.69 Å². The predicted molar refractivity (Wildman–Crippen MR) is 50.7 cm³/mol.